The van der Waals surface area contributed by atoms with Crippen molar-refractivity contribution in [3.8, 4) is 11.3 Å². The van der Waals surface area contributed by atoms with Crippen LogP contribution in [0.1, 0.15) is 46.8 Å². The highest BCUT2D eigenvalue weighted by Gasteiger charge is 2.72. The molecule has 5 heterocycles. The van der Waals surface area contributed by atoms with E-state index in [0.717, 1.165) is 6.07 Å². The first-order valence-corrected chi connectivity index (χ1v) is 13.8. The lowest BCUT2D eigenvalue weighted by Crippen LogP contribution is -2.35. The van der Waals surface area contributed by atoms with Gasteiger partial charge in [-0.05, 0) is 42.5 Å². The molecule has 6 rings (SSSR count). The second-order valence-corrected chi connectivity index (χ2v) is 12.5. The number of nitrogens with zero attached hydrogens (tertiary/aromatic N) is 4. The number of hydrogen-bond acceptors (Lipinski definition) is 6. The van der Waals surface area contributed by atoms with Crippen LogP contribution >= 0.6 is 11.3 Å². The Kier molecular flexibility index (Phi) is 6.06. The van der Waals surface area contributed by atoms with Crippen molar-refractivity contribution in [2.45, 2.75) is 45.8 Å². The number of rotatable bonds is 6. The highest BCUT2D eigenvalue weighted by atomic mass is 32.1. The SMILES string of the molecule is Cc1cc(C(F)(F)CF)nc(-c2ccnc3cc(CN4C(=O)C5C(C4=O)C5(C)C)sc23)c1C(=O)N1CCC(F)C1. The highest BCUT2D eigenvalue weighted by Crippen LogP contribution is 2.63. The lowest BCUT2D eigenvalue weighted by Gasteiger charge is -2.21. The lowest BCUT2D eigenvalue weighted by molar-refractivity contribution is -0.143. The first-order chi connectivity index (χ1) is 18.8. The first-order valence-electron chi connectivity index (χ1n) is 13.0. The summed E-state index contributed by atoms with van der Waals surface area (Å²) in [4.78, 5) is 50.9. The minimum atomic E-state index is -3.88. The van der Waals surface area contributed by atoms with E-state index < -0.39 is 30.4 Å². The summed E-state index contributed by atoms with van der Waals surface area (Å²) in [6.45, 7) is 3.40. The summed E-state index contributed by atoms with van der Waals surface area (Å²) in [5, 5.41) is 0. The van der Waals surface area contributed by atoms with E-state index in [1.165, 1.54) is 40.3 Å². The van der Waals surface area contributed by atoms with Crippen molar-refractivity contribution in [1.82, 2.24) is 19.8 Å². The fourth-order valence-corrected chi connectivity index (χ4v) is 7.14. The molecule has 3 aromatic heterocycles. The van der Waals surface area contributed by atoms with Crippen molar-refractivity contribution in [2.75, 3.05) is 19.8 Å². The number of thiophene rings is 1. The van der Waals surface area contributed by atoms with E-state index in [0.29, 0.717) is 20.7 Å². The normalized spacial score (nSPS) is 23.8. The number of imide groups is 1. The van der Waals surface area contributed by atoms with Crippen molar-refractivity contribution in [1.29, 1.82) is 0 Å². The van der Waals surface area contributed by atoms with E-state index in [9.17, 15) is 31.9 Å². The van der Waals surface area contributed by atoms with Crippen LogP contribution in [-0.4, -0.2) is 63.4 Å². The van der Waals surface area contributed by atoms with Gasteiger partial charge in [0, 0.05) is 23.2 Å². The smallest absolute Gasteiger partial charge is 0.317 e. The van der Waals surface area contributed by atoms with E-state index in [4.69, 9.17) is 0 Å². The number of piperidine rings is 1. The third-order valence-corrected chi connectivity index (χ3v) is 9.46. The molecule has 7 nitrogen and oxygen atoms in total. The van der Waals surface area contributed by atoms with E-state index in [1.807, 2.05) is 13.8 Å². The van der Waals surface area contributed by atoms with Crippen LogP contribution in [0.4, 0.5) is 17.6 Å². The van der Waals surface area contributed by atoms with Gasteiger partial charge in [0.05, 0.1) is 46.4 Å². The summed E-state index contributed by atoms with van der Waals surface area (Å²) in [5.74, 6) is -5.50. The van der Waals surface area contributed by atoms with Gasteiger partial charge in [-0.1, -0.05) is 13.8 Å². The summed E-state index contributed by atoms with van der Waals surface area (Å²) < 4.78 is 56.7. The van der Waals surface area contributed by atoms with Gasteiger partial charge in [0.1, 0.15) is 11.9 Å². The maximum Gasteiger partial charge on any atom is 0.317 e. The van der Waals surface area contributed by atoms with Gasteiger partial charge in [0.15, 0.2) is 6.67 Å². The van der Waals surface area contributed by atoms with Crippen LogP contribution in [0.3, 0.4) is 0 Å². The molecule has 1 aliphatic carbocycles. The Morgan fingerprint density at radius 3 is 2.52 bits per heavy atom. The maximum atomic E-state index is 14.5. The van der Waals surface area contributed by atoms with Gasteiger partial charge in [-0.15, -0.1) is 11.3 Å². The van der Waals surface area contributed by atoms with E-state index in [2.05, 4.69) is 9.97 Å². The molecule has 0 N–H and O–H groups in total. The summed E-state index contributed by atoms with van der Waals surface area (Å²) in [6.07, 6.45) is 0.430. The lowest BCUT2D eigenvalue weighted by atomic mass is 9.98. The van der Waals surface area contributed by atoms with Crippen LogP contribution in [0.2, 0.25) is 0 Å². The average Bonchev–Trinajstić information content (AvgIpc) is 3.29. The van der Waals surface area contributed by atoms with Gasteiger partial charge in [-0.25, -0.2) is 13.8 Å². The Bertz CT molecular complexity index is 1560. The Balaban J connectivity index is 1.44. The number of halogens is 4. The molecule has 2 aliphatic heterocycles. The second-order valence-electron chi connectivity index (χ2n) is 11.3. The molecule has 3 aliphatic rings. The first kappa shape index (κ1) is 26.8. The van der Waals surface area contributed by atoms with Crippen LogP contribution < -0.4 is 0 Å². The van der Waals surface area contributed by atoms with Crippen LogP contribution in [0.5, 0.6) is 0 Å². The van der Waals surface area contributed by atoms with Crippen molar-refractivity contribution in [3.05, 3.63) is 46.1 Å². The topological polar surface area (TPSA) is 83.5 Å². The molecule has 3 fully saturated rings. The van der Waals surface area contributed by atoms with Gasteiger partial charge >= 0.3 is 5.92 Å². The summed E-state index contributed by atoms with van der Waals surface area (Å²) in [7, 11) is 0. The predicted octanol–water partition coefficient (Wildman–Crippen LogP) is 5.05. The fourth-order valence-electron chi connectivity index (χ4n) is 6.02. The number of likely N-dealkylation sites (tertiary alicyclic amines) is 2. The average molecular weight is 575 g/mol. The van der Waals surface area contributed by atoms with Gasteiger partial charge in [0.25, 0.3) is 5.91 Å². The van der Waals surface area contributed by atoms with Crippen LogP contribution in [-0.2, 0) is 22.1 Å². The number of pyridine rings is 2. The molecule has 0 aromatic carbocycles. The molecule has 0 spiro atoms. The summed E-state index contributed by atoms with van der Waals surface area (Å²) in [5.41, 5.74) is -0.250. The largest absolute Gasteiger partial charge is 0.336 e. The number of amides is 3. The number of alkyl halides is 4. The monoisotopic (exact) mass is 574 g/mol. The standard InChI is InChI=1S/C28H26F4N4O3S/c1-13-8-18(28(31,32)12-29)34-22(19(13)24(37)35-7-5-14(30)10-35)16-4-6-33-17-9-15(40-23(16)17)11-36-25(38)20-21(26(36)39)27(20,2)3/h4,6,8-9,14,20-21H,5,7,10-12H2,1-3H3. The molecule has 0 radical (unpaired) electrons. The second kappa shape index (κ2) is 9.05. The molecule has 3 aromatic rings. The molecule has 12 heteroatoms. The maximum absolute atomic E-state index is 14.5. The van der Waals surface area contributed by atoms with Crippen LogP contribution in [0.15, 0.2) is 24.4 Å². The zero-order chi connectivity index (χ0) is 28.7. The molecule has 3 unspecified atom stereocenters. The molecule has 0 bridgehead atoms. The van der Waals surface area contributed by atoms with Gasteiger partial charge in [-0.2, -0.15) is 8.78 Å². The molecule has 2 saturated heterocycles. The Hall–Kier alpha value is -3.41. The highest BCUT2D eigenvalue weighted by molar-refractivity contribution is 7.19. The Labute approximate surface area is 231 Å². The van der Waals surface area contributed by atoms with Crippen LogP contribution in [0, 0.1) is 24.2 Å². The third kappa shape index (κ3) is 4.02. The van der Waals surface area contributed by atoms with Gasteiger partial charge in [-0.3, -0.25) is 24.3 Å². The van der Waals surface area contributed by atoms with Crippen molar-refractivity contribution < 1.29 is 31.9 Å². The van der Waals surface area contributed by atoms with E-state index >= 15 is 0 Å². The number of carbonyl (C=O) groups excluding carboxylic acids is 3. The number of aryl methyl sites for hydroxylation is 1. The van der Waals surface area contributed by atoms with E-state index in [-0.39, 0.29) is 71.9 Å². The third-order valence-electron chi connectivity index (χ3n) is 8.31. The van der Waals surface area contributed by atoms with Crippen molar-refractivity contribution in [3.63, 3.8) is 0 Å². The Morgan fingerprint density at radius 2 is 1.90 bits per heavy atom. The summed E-state index contributed by atoms with van der Waals surface area (Å²) >= 11 is 1.21. The molecule has 3 amide bonds. The fraction of sp³-hybridized carbons (Fsp3) is 0.464. The predicted molar refractivity (Wildman–Crippen MR) is 139 cm³/mol. The van der Waals surface area contributed by atoms with Crippen molar-refractivity contribution >= 4 is 39.3 Å². The summed E-state index contributed by atoms with van der Waals surface area (Å²) in [6, 6.07) is 4.24. The van der Waals surface area contributed by atoms with Gasteiger partial charge in [0.2, 0.25) is 11.8 Å². The molecule has 1 saturated carbocycles. The minimum absolute atomic E-state index is 0.0298. The Morgan fingerprint density at radius 1 is 1.20 bits per heavy atom. The molecule has 210 valence electrons. The molecule has 40 heavy (non-hydrogen) atoms. The number of aromatic nitrogens is 2. The molecule has 3 atom stereocenters. The minimum Gasteiger partial charge on any atom is -0.336 e. The molecular weight excluding hydrogens is 548 g/mol. The molecular formula is C28H26F4N4O3S. The number of hydrogen-bond donors (Lipinski definition) is 0. The quantitative estimate of drug-likeness (QED) is 0.304. The van der Waals surface area contributed by atoms with Crippen LogP contribution in [0.25, 0.3) is 21.5 Å². The van der Waals surface area contributed by atoms with E-state index in [1.54, 1.807) is 6.07 Å². The number of fused-ring (bicyclic) bond motifs is 2. The van der Waals surface area contributed by atoms with Gasteiger partial charge < -0.3 is 4.90 Å². The zero-order valence-electron chi connectivity index (χ0n) is 22.0. The zero-order valence-corrected chi connectivity index (χ0v) is 22.8. The van der Waals surface area contributed by atoms with Crippen molar-refractivity contribution in [2.24, 2.45) is 17.3 Å². The number of carbonyl (C=O) groups is 3.